The van der Waals surface area contributed by atoms with Crippen LogP contribution < -0.4 is 5.73 Å². The number of benzene rings is 1. The summed E-state index contributed by atoms with van der Waals surface area (Å²) in [6.45, 7) is 1.98. The Balaban J connectivity index is 2.14. The number of halogens is 1. The van der Waals surface area contributed by atoms with Crippen LogP contribution >= 0.6 is 11.6 Å². The summed E-state index contributed by atoms with van der Waals surface area (Å²) in [5.74, 6) is 0. The smallest absolute Gasteiger partial charge is 0.0643 e. The van der Waals surface area contributed by atoms with Crippen molar-refractivity contribution in [1.82, 2.24) is 9.78 Å². The fourth-order valence-corrected chi connectivity index (χ4v) is 1.94. The van der Waals surface area contributed by atoms with Crippen LogP contribution in [0.5, 0.6) is 0 Å². The molecule has 0 radical (unpaired) electrons. The first-order valence-corrected chi connectivity index (χ1v) is 5.94. The van der Waals surface area contributed by atoms with Gasteiger partial charge < -0.3 is 5.73 Å². The minimum atomic E-state index is -0.0667. The molecule has 2 rings (SSSR count). The monoisotopic (exact) mass is 249 g/mol. The quantitative estimate of drug-likeness (QED) is 0.909. The third kappa shape index (κ3) is 2.87. The van der Waals surface area contributed by atoms with Gasteiger partial charge in [-0.25, -0.2) is 0 Å². The van der Waals surface area contributed by atoms with Crippen molar-refractivity contribution in [2.45, 2.75) is 19.4 Å². The van der Waals surface area contributed by atoms with Crippen LogP contribution in [0.1, 0.15) is 22.9 Å². The van der Waals surface area contributed by atoms with Crippen LogP contribution in [0.3, 0.4) is 0 Å². The molecule has 1 heterocycles. The number of rotatable bonds is 3. The molecule has 3 nitrogen and oxygen atoms in total. The van der Waals surface area contributed by atoms with Crippen molar-refractivity contribution in [1.29, 1.82) is 0 Å². The molecule has 0 aliphatic carbocycles. The number of hydrogen-bond donors (Lipinski definition) is 1. The van der Waals surface area contributed by atoms with Crippen molar-refractivity contribution in [2.75, 3.05) is 0 Å². The van der Waals surface area contributed by atoms with Gasteiger partial charge in [-0.3, -0.25) is 4.68 Å². The maximum Gasteiger partial charge on any atom is 0.0643 e. The Hall–Kier alpha value is -1.32. The highest BCUT2D eigenvalue weighted by Crippen LogP contribution is 2.22. The summed E-state index contributed by atoms with van der Waals surface area (Å²) in [5, 5.41) is 5.08. The predicted molar refractivity (Wildman–Crippen MR) is 70.0 cm³/mol. The molecular formula is C13H16ClN3. The molecule has 0 saturated heterocycles. The number of aromatic nitrogens is 2. The average molecular weight is 250 g/mol. The van der Waals surface area contributed by atoms with E-state index in [0.717, 1.165) is 28.3 Å². The Labute approximate surface area is 106 Å². The largest absolute Gasteiger partial charge is 0.324 e. The van der Waals surface area contributed by atoms with E-state index in [0.29, 0.717) is 0 Å². The highest BCUT2D eigenvalue weighted by Gasteiger charge is 2.10. The van der Waals surface area contributed by atoms with Crippen LogP contribution in [-0.2, 0) is 13.5 Å². The molecule has 0 aliphatic heterocycles. The van der Waals surface area contributed by atoms with E-state index in [-0.39, 0.29) is 6.04 Å². The van der Waals surface area contributed by atoms with Gasteiger partial charge in [0.25, 0.3) is 0 Å². The summed E-state index contributed by atoms with van der Waals surface area (Å²) in [6, 6.07) is 7.87. The molecule has 1 atom stereocenters. The first kappa shape index (κ1) is 12.1. The van der Waals surface area contributed by atoms with Crippen LogP contribution in [-0.4, -0.2) is 9.78 Å². The topological polar surface area (TPSA) is 43.8 Å². The van der Waals surface area contributed by atoms with E-state index in [1.54, 1.807) is 4.68 Å². The van der Waals surface area contributed by atoms with E-state index in [1.807, 2.05) is 44.4 Å². The third-order valence-electron chi connectivity index (χ3n) is 2.82. The van der Waals surface area contributed by atoms with Gasteiger partial charge in [-0.1, -0.05) is 23.7 Å². The van der Waals surface area contributed by atoms with Gasteiger partial charge in [0.1, 0.15) is 0 Å². The molecule has 1 unspecified atom stereocenters. The summed E-state index contributed by atoms with van der Waals surface area (Å²) in [7, 11) is 1.90. The Morgan fingerprint density at radius 2 is 2.18 bits per heavy atom. The molecule has 1 aromatic carbocycles. The summed E-state index contributed by atoms with van der Waals surface area (Å²) < 4.78 is 1.78. The number of nitrogens with zero attached hydrogens (tertiary/aromatic N) is 2. The standard InChI is InChI=1S/C13H16ClN3/c1-9-3-4-10(7-12(9)14)13(15)8-11-5-6-17(2)16-11/h3-7,13H,8,15H2,1-2H3. The zero-order chi connectivity index (χ0) is 12.4. The average Bonchev–Trinajstić information content (AvgIpc) is 2.68. The van der Waals surface area contributed by atoms with Gasteiger partial charge in [-0.2, -0.15) is 5.10 Å². The molecule has 4 heteroatoms. The van der Waals surface area contributed by atoms with Crippen LogP contribution in [0, 0.1) is 6.92 Å². The second kappa shape index (κ2) is 4.90. The molecule has 0 fully saturated rings. The Kier molecular flexibility index (Phi) is 3.50. The van der Waals surface area contributed by atoms with E-state index in [4.69, 9.17) is 17.3 Å². The minimum Gasteiger partial charge on any atom is -0.324 e. The van der Waals surface area contributed by atoms with Gasteiger partial charge in [0.15, 0.2) is 0 Å². The Morgan fingerprint density at radius 1 is 1.41 bits per heavy atom. The molecule has 90 valence electrons. The molecule has 1 aromatic heterocycles. The van der Waals surface area contributed by atoms with Gasteiger partial charge in [-0.05, 0) is 30.2 Å². The molecule has 0 saturated carbocycles. The maximum absolute atomic E-state index is 6.15. The fraction of sp³-hybridized carbons (Fsp3) is 0.308. The lowest BCUT2D eigenvalue weighted by molar-refractivity contribution is 0.675. The molecule has 2 aromatic rings. The summed E-state index contributed by atoms with van der Waals surface area (Å²) in [5.41, 5.74) is 9.26. The summed E-state index contributed by atoms with van der Waals surface area (Å²) in [4.78, 5) is 0. The first-order chi connectivity index (χ1) is 8.06. The Bertz CT molecular complexity index is 519. The van der Waals surface area contributed by atoms with Gasteiger partial charge in [0, 0.05) is 30.7 Å². The molecule has 17 heavy (non-hydrogen) atoms. The lowest BCUT2D eigenvalue weighted by atomic mass is 10.0. The van der Waals surface area contributed by atoms with Crippen LogP contribution in [0.15, 0.2) is 30.5 Å². The van der Waals surface area contributed by atoms with Gasteiger partial charge in [0.2, 0.25) is 0 Å². The second-order valence-electron chi connectivity index (χ2n) is 4.30. The minimum absolute atomic E-state index is 0.0667. The molecule has 0 amide bonds. The zero-order valence-corrected chi connectivity index (χ0v) is 10.8. The molecule has 0 aliphatic rings. The van der Waals surface area contributed by atoms with Crippen molar-refractivity contribution in [3.8, 4) is 0 Å². The summed E-state index contributed by atoms with van der Waals surface area (Å²) in [6.07, 6.45) is 2.64. The zero-order valence-electron chi connectivity index (χ0n) is 10.0. The van der Waals surface area contributed by atoms with Gasteiger partial charge in [-0.15, -0.1) is 0 Å². The van der Waals surface area contributed by atoms with Crippen LogP contribution in [0.25, 0.3) is 0 Å². The normalized spacial score (nSPS) is 12.7. The van der Waals surface area contributed by atoms with Crippen molar-refractivity contribution in [3.05, 3.63) is 52.3 Å². The highest BCUT2D eigenvalue weighted by molar-refractivity contribution is 6.31. The van der Waals surface area contributed by atoms with E-state index in [9.17, 15) is 0 Å². The number of aryl methyl sites for hydroxylation is 2. The van der Waals surface area contributed by atoms with Crippen molar-refractivity contribution >= 4 is 11.6 Å². The lowest BCUT2D eigenvalue weighted by Crippen LogP contribution is -2.14. The fourth-order valence-electron chi connectivity index (χ4n) is 1.75. The van der Waals surface area contributed by atoms with E-state index in [1.165, 1.54) is 0 Å². The van der Waals surface area contributed by atoms with Crippen molar-refractivity contribution in [3.63, 3.8) is 0 Å². The van der Waals surface area contributed by atoms with Crippen molar-refractivity contribution < 1.29 is 0 Å². The third-order valence-corrected chi connectivity index (χ3v) is 3.23. The molecule has 0 spiro atoms. The van der Waals surface area contributed by atoms with E-state index in [2.05, 4.69) is 5.10 Å². The van der Waals surface area contributed by atoms with E-state index < -0.39 is 0 Å². The van der Waals surface area contributed by atoms with E-state index >= 15 is 0 Å². The summed E-state index contributed by atoms with van der Waals surface area (Å²) >= 11 is 6.09. The van der Waals surface area contributed by atoms with Gasteiger partial charge >= 0.3 is 0 Å². The van der Waals surface area contributed by atoms with Crippen LogP contribution in [0.4, 0.5) is 0 Å². The predicted octanol–water partition coefficient (Wildman–Crippen LogP) is 2.62. The maximum atomic E-state index is 6.15. The molecule has 0 bridgehead atoms. The lowest BCUT2D eigenvalue weighted by Gasteiger charge is -2.11. The van der Waals surface area contributed by atoms with Crippen LogP contribution in [0.2, 0.25) is 5.02 Å². The SMILES string of the molecule is Cc1ccc(C(N)Cc2ccn(C)n2)cc1Cl. The molecule has 2 N–H and O–H groups in total. The van der Waals surface area contributed by atoms with Crippen molar-refractivity contribution in [2.24, 2.45) is 12.8 Å². The first-order valence-electron chi connectivity index (χ1n) is 5.56. The number of hydrogen-bond acceptors (Lipinski definition) is 2. The highest BCUT2D eigenvalue weighted by atomic mass is 35.5. The Morgan fingerprint density at radius 3 is 2.76 bits per heavy atom. The molecular weight excluding hydrogens is 234 g/mol. The van der Waals surface area contributed by atoms with Gasteiger partial charge in [0.05, 0.1) is 5.69 Å². The number of nitrogens with two attached hydrogens (primary N) is 1. The second-order valence-corrected chi connectivity index (χ2v) is 4.71.